The molecular formula is C25H36O6. The van der Waals surface area contributed by atoms with Crippen molar-refractivity contribution in [2.24, 2.45) is 22.2 Å². The molecule has 3 rings (SSSR count). The van der Waals surface area contributed by atoms with Crippen LogP contribution in [0.4, 0.5) is 0 Å². The molecule has 6 nitrogen and oxygen atoms in total. The van der Waals surface area contributed by atoms with Crippen molar-refractivity contribution in [1.82, 2.24) is 0 Å². The lowest BCUT2D eigenvalue weighted by molar-refractivity contribution is -0.168. The highest BCUT2D eigenvalue weighted by Crippen LogP contribution is 2.64. The molecule has 0 bridgehead atoms. The molecule has 1 fully saturated rings. The maximum atomic E-state index is 12.9. The number of methoxy groups -OCH3 is 1. The minimum absolute atomic E-state index is 0.0321. The average molecular weight is 433 g/mol. The number of ether oxygens (including phenoxy) is 3. The second-order valence-electron chi connectivity index (χ2n) is 10.2. The molecule has 6 atom stereocenters. The van der Waals surface area contributed by atoms with Crippen molar-refractivity contribution in [2.75, 3.05) is 7.11 Å². The average Bonchev–Trinajstić information content (AvgIpc) is 2.69. The van der Waals surface area contributed by atoms with Crippen LogP contribution in [0.5, 0.6) is 0 Å². The van der Waals surface area contributed by atoms with E-state index in [0.29, 0.717) is 6.42 Å². The number of hydrogen-bond donors (Lipinski definition) is 0. The molecule has 0 N–H and O–H groups in total. The number of esters is 3. The van der Waals surface area contributed by atoms with Gasteiger partial charge in [0.1, 0.15) is 12.2 Å². The van der Waals surface area contributed by atoms with Crippen LogP contribution < -0.4 is 0 Å². The van der Waals surface area contributed by atoms with Crippen LogP contribution in [-0.2, 0) is 28.6 Å². The fraction of sp³-hybridized carbons (Fsp3) is 0.720. The van der Waals surface area contributed by atoms with Crippen molar-refractivity contribution in [3.63, 3.8) is 0 Å². The van der Waals surface area contributed by atoms with Gasteiger partial charge in [-0.3, -0.25) is 14.4 Å². The number of fused-ring (bicyclic) bond motifs is 2. The van der Waals surface area contributed by atoms with Gasteiger partial charge in [0.2, 0.25) is 0 Å². The molecule has 172 valence electrons. The SMILES string of the molecule is C=CC1(C)CCC2=C(C(OC(C)=O)CC3C(C)(C(=O)OC)CCCC23C)C1OC(C)=O. The fourth-order valence-electron chi connectivity index (χ4n) is 6.62. The first-order valence-corrected chi connectivity index (χ1v) is 11.2. The van der Waals surface area contributed by atoms with Crippen LogP contribution in [0, 0.1) is 22.2 Å². The van der Waals surface area contributed by atoms with E-state index in [1.807, 2.05) is 19.9 Å². The number of carbonyl (C=O) groups is 3. The van der Waals surface area contributed by atoms with Gasteiger partial charge in [-0.1, -0.05) is 31.9 Å². The van der Waals surface area contributed by atoms with Gasteiger partial charge >= 0.3 is 17.9 Å². The monoisotopic (exact) mass is 432 g/mol. The Labute approximate surface area is 185 Å². The maximum absolute atomic E-state index is 12.9. The van der Waals surface area contributed by atoms with Gasteiger partial charge in [0.15, 0.2) is 0 Å². The van der Waals surface area contributed by atoms with Crippen LogP contribution in [0.25, 0.3) is 0 Å². The standard InChI is InChI=1S/C25H36O6/c1-8-23(4)13-10-17-20(21(23)31-16(3)27)18(30-15(2)26)14-19-24(17,5)11-9-12-25(19,6)22(28)29-7/h8,18-19,21H,1,9-14H2,2-7H3. The molecular weight excluding hydrogens is 396 g/mol. The Bertz CT molecular complexity index is 828. The van der Waals surface area contributed by atoms with E-state index in [2.05, 4.69) is 13.5 Å². The fourth-order valence-corrected chi connectivity index (χ4v) is 6.62. The van der Waals surface area contributed by atoms with Gasteiger partial charge in [0.25, 0.3) is 0 Å². The number of allylic oxidation sites excluding steroid dienone is 1. The van der Waals surface area contributed by atoms with Gasteiger partial charge < -0.3 is 14.2 Å². The van der Waals surface area contributed by atoms with E-state index in [9.17, 15) is 14.4 Å². The molecule has 0 aromatic rings. The molecule has 6 unspecified atom stereocenters. The predicted octanol–water partition coefficient (Wildman–Crippen LogP) is 4.52. The lowest BCUT2D eigenvalue weighted by atomic mass is 9.46. The van der Waals surface area contributed by atoms with E-state index in [0.717, 1.165) is 37.7 Å². The Kier molecular flexibility index (Phi) is 6.16. The van der Waals surface area contributed by atoms with Crippen LogP contribution in [0.1, 0.15) is 73.1 Å². The van der Waals surface area contributed by atoms with Crippen LogP contribution in [0.15, 0.2) is 23.8 Å². The normalized spacial score (nSPS) is 39.6. The zero-order valence-corrected chi connectivity index (χ0v) is 19.7. The Morgan fingerprint density at radius 2 is 1.68 bits per heavy atom. The second kappa shape index (κ2) is 8.10. The molecule has 1 saturated carbocycles. The molecule has 31 heavy (non-hydrogen) atoms. The minimum atomic E-state index is -0.658. The number of hydrogen-bond acceptors (Lipinski definition) is 6. The molecule has 0 aliphatic heterocycles. The van der Waals surface area contributed by atoms with Gasteiger partial charge in [-0.15, -0.1) is 6.58 Å². The highest BCUT2D eigenvalue weighted by molar-refractivity contribution is 5.77. The summed E-state index contributed by atoms with van der Waals surface area (Å²) in [6, 6.07) is 0. The number of carbonyl (C=O) groups excluding carboxylic acids is 3. The Morgan fingerprint density at radius 1 is 1.03 bits per heavy atom. The van der Waals surface area contributed by atoms with Crippen molar-refractivity contribution in [2.45, 2.75) is 85.4 Å². The van der Waals surface area contributed by atoms with Gasteiger partial charge in [0.05, 0.1) is 12.5 Å². The summed E-state index contributed by atoms with van der Waals surface area (Å²) >= 11 is 0. The summed E-state index contributed by atoms with van der Waals surface area (Å²) in [5, 5.41) is 0. The molecule has 3 aliphatic carbocycles. The largest absolute Gasteiger partial charge is 0.469 e. The second-order valence-corrected chi connectivity index (χ2v) is 10.2. The van der Waals surface area contributed by atoms with E-state index in [-0.39, 0.29) is 29.2 Å². The predicted molar refractivity (Wildman–Crippen MR) is 116 cm³/mol. The smallest absolute Gasteiger partial charge is 0.311 e. The zero-order valence-electron chi connectivity index (χ0n) is 19.7. The summed E-state index contributed by atoms with van der Waals surface area (Å²) in [4.78, 5) is 37.0. The van der Waals surface area contributed by atoms with E-state index in [4.69, 9.17) is 14.2 Å². The van der Waals surface area contributed by atoms with Crippen LogP contribution in [0.2, 0.25) is 0 Å². The van der Waals surface area contributed by atoms with Gasteiger partial charge in [-0.25, -0.2) is 0 Å². The summed E-state index contributed by atoms with van der Waals surface area (Å²) < 4.78 is 16.9. The molecule has 0 spiro atoms. The summed E-state index contributed by atoms with van der Waals surface area (Å²) in [5.41, 5.74) is 0.706. The first kappa shape index (κ1) is 23.6. The third-order valence-corrected chi connectivity index (χ3v) is 8.27. The van der Waals surface area contributed by atoms with E-state index >= 15 is 0 Å². The van der Waals surface area contributed by atoms with Gasteiger partial charge in [-0.2, -0.15) is 0 Å². The number of rotatable bonds is 4. The first-order chi connectivity index (χ1) is 14.4. The summed E-state index contributed by atoms with van der Waals surface area (Å²) in [7, 11) is 1.43. The van der Waals surface area contributed by atoms with Gasteiger partial charge in [-0.05, 0) is 50.4 Å². The lowest BCUT2D eigenvalue weighted by Gasteiger charge is -2.59. The summed E-state index contributed by atoms with van der Waals surface area (Å²) in [6.45, 7) is 13.1. The quantitative estimate of drug-likeness (QED) is 0.369. The van der Waals surface area contributed by atoms with Crippen molar-refractivity contribution < 1.29 is 28.6 Å². The molecule has 0 aromatic carbocycles. The van der Waals surface area contributed by atoms with E-state index in [1.165, 1.54) is 26.5 Å². The van der Waals surface area contributed by atoms with Crippen LogP contribution in [0.3, 0.4) is 0 Å². The van der Waals surface area contributed by atoms with E-state index in [1.54, 1.807) is 0 Å². The topological polar surface area (TPSA) is 78.9 Å². The Balaban J connectivity index is 2.22. The Hall–Kier alpha value is -2.11. The highest BCUT2D eigenvalue weighted by Gasteiger charge is 2.61. The maximum Gasteiger partial charge on any atom is 0.311 e. The lowest BCUT2D eigenvalue weighted by Crippen LogP contribution is -2.57. The van der Waals surface area contributed by atoms with E-state index < -0.39 is 23.0 Å². The molecule has 0 radical (unpaired) electrons. The van der Waals surface area contributed by atoms with Gasteiger partial charge in [0, 0.05) is 24.8 Å². The first-order valence-electron chi connectivity index (χ1n) is 11.2. The third kappa shape index (κ3) is 3.72. The molecule has 0 aromatic heterocycles. The molecule has 3 aliphatic rings. The summed E-state index contributed by atoms with van der Waals surface area (Å²) in [6.07, 6.45) is 5.42. The van der Waals surface area contributed by atoms with Crippen molar-refractivity contribution in [3.8, 4) is 0 Å². The van der Waals surface area contributed by atoms with Crippen LogP contribution in [-0.4, -0.2) is 37.2 Å². The Morgan fingerprint density at radius 3 is 2.23 bits per heavy atom. The summed E-state index contributed by atoms with van der Waals surface area (Å²) in [5.74, 6) is -1.00. The zero-order chi connectivity index (χ0) is 23.2. The molecule has 6 heteroatoms. The minimum Gasteiger partial charge on any atom is -0.469 e. The van der Waals surface area contributed by atoms with Crippen molar-refractivity contribution in [1.29, 1.82) is 0 Å². The highest BCUT2D eigenvalue weighted by atomic mass is 16.6. The molecule has 0 heterocycles. The van der Waals surface area contributed by atoms with Crippen LogP contribution >= 0.6 is 0 Å². The molecule has 0 amide bonds. The molecule has 0 saturated heterocycles. The van der Waals surface area contributed by atoms with Crippen molar-refractivity contribution in [3.05, 3.63) is 23.8 Å². The van der Waals surface area contributed by atoms with Crippen molar-refractivity contribution >= 4 is 17.9 Å². The third-order valence-electron chi connectivity index (χ3n) is 8.27.